The zero-order valence-electron chi connectivity index (χ0n) is 10.2. The van der Waals surface area contributed by atoms with Gasteiger partial charge in [0.1, 0.15) is 0 Å². The van der Waals surface area contributed by atoms with E-state index in [0.717, 1.165) is 30.2 Å². The number of aliphatic hydroxyl groups excluding tert-OH is 1. The molecule has 0 saturated heterocycles. The Morgan fingerprint density at radius 1 is 1.24 bits per heavy atom. The highest BCUT2D eigenvalue weighted by Crippen LogP contribution is 2.26. The summed E-state index contributed by atoms with van der Waals surface area (Å²) in [7, 11) is 0. The van der Waals surface area contributed by atoms with Crippen molar-refractivity contribution in [1.82, 2.24) is 5.32 Å². The summed E-state index contributed by atoms with van der Waals surface area (Å²) in [6, 6.07) is 9.24. The highest BCUT2D eigenvalue weighted by Gasteiger charge is 2.21. The summed E-state index contributed by atoms with van der Waals surface area (Å²) in [5.41, 5.74) is 1.30. The van der Waals surface area contributed by atoms with Crippen LogP contribution in [0.1, 0.15) is 44.2 Å². The molecule has 0 radical (unpaired) electrons. The fourth-order valence-corrected chi connectivity index (χ4v) is 3.14. The molecule has 1 fully saturated rings. The van der Waals surface area contributed by atoms with E-state index in [4.69, 9.17) is 0 Å². The van der Waals surface area contributed by atoms with Gasteiger partial charge in [-0.2, -0.15) is 0 Å². The molecule has 1 aliphatic carbocycles. The summed E-state index contributed by atoms with van der Waals surface area (Å²) >= 11 is 3.59. The normalized spacial score (nSPS) is 26.8. The lowest BCUT2D eigenvalue weighted by molar-refractivity contribution is 0.114. The molecule has 2 nitrogen and oxygen atoms in total. The molecule has 2 N–H and O–H groups in total. The Bertz CT molecular complexity index is 361. The summed E-state index contributed by atoms with van der Waals surface area (Å²) in [4.78, 5) is 0. The van der Waals surface area contributed by atoms with Gasteiger partial charge in [0, 0.05) is 16.6 Å². The molecule has 1 unspecified atom stereocenters. The quantitative estimate of drug-likeness (QED) is 0.896. The molecule has 17 heavy (non-hydrogen) atoms. The average molecular weight is 298 g/mol. The number of hydrogen-bond donors (Lipinski definition) is 2. The van der Waals surface area contributed by atoms with Crippen LogP contribution in [0.2, 0.25) is 0 Å². The first-order valence-corrected chi connectivity index (χ1v) is 7.14. The van der Waals surface area contributed by atoms with Crippen molar-refractivity contribution in [3.05, 3.63) is 34.3 Å². The first-order chi connectivity index (χ1) is 8.16. The second-order valence-electron chi connectivity index (χ2n) is 4.92. The van der Waals surface area contributed by atoms with Crippen molar-refractivity contribution in [3.63, 3.8) is 0 Å². The molecule has 0 spiro atoms. The number of nitrogens with one attached hydrogen (secondary N) is 1. The molecule has 1 aromatic carbocycles. The van der Waals surface area contributed by atoms with E-state index in [-0.39, 0.29) is 6.10 Å². The maximum Gasteiger partial charge on any atom is 0.0541 e. The molecule has 2 rings (SSSR count). The van der Waals surface area contributed by atoms with Crippen molar-refractivity contribution < 1.29 is 5.11 Å². The van der Waals surface area contributed by atoms with E-state index in [2.05, 4.69) is 46.4 Å². The summed E-state index contributed by atoms with van der Waals surface area (Å²) in [5, 5.41) is 13.1. The Balaban J connectivity index is 1.93. The van der Waals surface area contributed by atoms with Gasteiger partial charge in [-0.1, -0.05) is 34.1 Å². The van der Waals surface area contributed by atoms with Crippen LogP contribution in [-0.4, -0.2) is 17.3 Å². The van der Waals surface area contributed by atoms with E-state index in [1.807, 2.05) is 6.07 Å². The zero-order chi connectivity index (χ0) is 12.3. The van der Waals surface area contributed by atoms with Crippen LogP contribution in [0.25, 0.3) is 0 Å². The van der Waals surface area contributed by atoms with E-state index >= 15 is 0 Å². The van der Waals surface area contributed by atoms with Gasteiger partial charge in [0.15, 0.2) is 0 Å². The lowest BCUT2D eigenvalue weighted by Gasteiger charge is -2.29. The maximum atomic E-state index is 9.49. The minimum atomic E-state index is -0.0770. The van der Waals surface area contributed by atoms with Crippen molar-refractivity contribution in [3.8, 4) is 0 Å². The predicted octanol–water partition coefficient (Wildman–Crippen LogP) is 3.40. The van der Waals surface area contributed by atoms with Crippen LogP contribution in [0, 0.1) is 0 Å². The van der Waals surface area contributed by atoms with Crippen molar-refractivity contribution in [2.75, 3.05) is 0 Å². The molecule has 0 aromatic heterocycles. The van der Waals surface area contributed by atoms with Crippen molar-refractivity contribution in [2.45, 2.75) is 50.8 Å². The molecule has 0 heterocycles. The number of aliphatic hydroxyl groups is 1. The van der Waals surface area contributed by atoms with Gasteiger partial charge in [0.25, 0.3) is 0 Å². The van der Waals surface area contributed by atoms with E-state index in [9.17, 15) is 5.11 Å². The van der Waals surface area contributed by atoms with Crippen LogP contribution in [-0.2, 0) is 0 Å². The predicted molar refractivity (Wildman–Crippen MR) is 74.0 cm³/mol. The monoisotopic (exact) mass is 297 g/mol. The highest BCUT2D eigenvalue weighted by molar-refractivity contribution is 9.10. The molecule has 3 heteroatoms. The van der Waals surface area contributed by atoms with Crippen LogP contribution in [0.3, 0.4) is 0 Å². The molecular formula is C14H20BrNO. The molecular weight excluding hydrogens is 278 g/mol. The molecule has 1 saturated carbocycles. The van der Waals surface area contributed by atoms with Crippen LogP contribution in [0.15, 0.2) is 28.7 Å². The Morgan fingerprint density at radius 2 is 1.88 bits per heavy atom. The standard InChI is InChI=1S/C14H20BrNO/c1-10(13-4-2-3-5-14(13)15)16-11-6-8-12(17)9-7-11/h2-5,10-12,16-17H,6-9H2,1H3. The molecule has 0 amide bonds. The number of rotatable bonds is 3. The zero-order valence-corrected chi connectivity index (χ0v) is 11.8. The van der Waals surface area contributed by atoms with E-state index in [0.29, 0.717) is 12.1 Å². The van der Waals surface area contributed by atoms with Crippen LogP contribution in [0.5, 0.6) is 0 Å². The third kappa shape index (κ3) is 3.54. The van der Waals surface area contributed by atoms with Crippen LogP contribution in [0.4, 0.5) is 0 Å². The fraction of sp³-hybridized carbons (Fsp3) is 0.571. The number of halogens is 1. The Labute approximate surface area is 112 Å². The molecule has 1 aromatic rings. The lowest BCUT2D eigenvalue weighted by atomic mass is 9.92. The fourth-order valence-electron chi connectivity index (χ4n) is 2.51. The molecule has 1 atom stereocenters. The average Bonchev–Trinajstić information content (AvgIpc) is 2.32. The number of benzene rings is 1. The van der Waals surface area contributed by atoms with Crippen molar-refractivity contribution >= 4 is 15.9 Å². The van der Waals surface area contributed by atoms with Gasteiger partial charge >= 0.3 is 0 Å². The first-order valence-electron chi connectivity index (χ1n) is 6.35. The lowest BCUT2D eigenvalue weighted by Crippen LogP contribution is -2.36. The Kier molecular flexibility index (Phi) is 4.60. The first kappa shape index (κ1) is 13.1. The Hall–Kier alpha value is -0.380. The van der Waals surface area contributed by atoms with Gasteiger partial charge < -0.3 is 10.4 Å². The molecule has 94 valence electrons. The maximum absolute atomic E-state index is 9.49. The second-order valence-corrected chi connectivity index (χ2v) is 5.77. The second kappa shape index (κ2) is 5.98. The van der Waals surface area contributed by atoms with Crippen LogP contribution < -0.4 is 5.32 Å². The topological polar surface area (TPSA) is 32.3 Å². The number of hydrogen-bond acceptors (Lipinski definition) is 2. The SMILES string of the molecule is CC(NC1CCC(O)CC1)c1ccccc1Br. The molecule has 0 aliphatic heterocycles. The van der Waals surface area contributed by atoms with Gasteiger partial charge in [-0.3, -0.25) is 0 Å². The van der Waals surface area contributed by atoms with Crippen molar-refractivity contribution in [1.29, 1.82) is 0 Å². The Morgan fingerprint density at radius 3 is 2.53 bits per heavy atom. The summed E-state index contributed by atoms with van der Waals surface area (Å²) in [6.45, 7) is 2.20. The summed E-state index contributed by atoms with van der Waals surface area (Å²) < 4.78 is 1.16. The third-order valence-corrected chi connectivity index (χ3v) is 4.28. The van der Waals surface area contributed by atoms with Crippen molar-refractivity contribution in [2.24, 2.45) is 0 Å². The van der Waals surface area contributed by atoms with Gasteiger partial charge in [-0.05, 0) is 44.2 Å². The smallest absolute Gasteiger partial charge is 0.0541 e. The van der Waals surface area contributed by atoms with Crippen LogP contribution >= 0.6 is 15.9 Å². The molecule has 1 aliphatic rings. The van der Waals surface area contributed by atoms with E-state index in [1.165, 1.54) is 5.56 Å². The van der Waals surface area contributed by atoms with E-state index in [1.54, 1.807) is 0 Å². The van der Waals surface area contributed by atoms with Gasteiger partial charge in [0.2, 0.25) is 0 Å². The minimum absolute atomic E-state index is 0.0770. The minimum Gasteiger partial charge on any atom is -0.393 e. The highest BCUT2D eigenvalue weighted by atomic mass is 79.9. The van der Waals surface area contributed by atoms with Gasteiger partial charge in [0.05, 0.1) is 6.10 Å². The summed E-state index contributed by atoms with van der Waals surface area (Å²) in [6.07, 6.45) is 3.94. The van der Waals surface area contributed by atoms with Gasteiger partial charge in [-0.15, -0.1) is 0 Å². The third-order valence-electron chi connectivity index (χ3n) is 3.55. The molecule has 0 bridgehead atoms. The van der Waals surface area contributed by atoms with E-state index < -0.39 is 0 Å². The summed E-state index contributed by atoms with van der Waals surface area (Å²) in [5.74, 6) is 0. The van der Waals surface area contributed by atoms with Gasteiger partial charge in [-0.25, -0.2) is 0 Å². The largest absolute Gasteiger partial charge is 0.393 e.